The largest absolute Gasteiger partial charge is 0.454 e. The van der Waals surface area contributed by atoms with E-state index in [0.29, 0.717) is 23.0 Å². The first kappa shape index (κ1) is 17.2. The van der Waals surface area contributed by atoms with Crippen molar-refractivity contribution in [2.75, 3.05) is 16.8 Å². The molecule has 0 saturated carbocycles. The smallest absolute Gasteiger partial charge is 0.262 e. The zero-order chi connectivity index (χ0) is 18.9. The minimum absolute atomic E-state index is 0.0889. The molecule has 4 rings (SSSR count). The number of anilines is 3. The lowest BCUT2D eigenvalue weighted by Crippen LogP contribution is -2.13. The first-order valence-corrected chi connectivity index (χ1v) is 9.70. The maximum absolute atomic E-state index is 12.6. The van der Waals surface area contributed by atoms with E-state index in [1.54, 1.807) is 18.2 Å². The monoisotopic (exact) mass is 383 g/mol. The summed E-state index contributed by atoms with van der Waals surface area (Å²) >= 11 is 0. The van der Waals surface area contributed by atoms with Crippen molar-refractivity contribution in [3.8, 4) is 11.5 Å². The number of aromatic nitrogens is 1. The van der Waals surface area contributed by atoms with Crippen LogP contribution in [-0.4, -0.2) is 20.2 Å². The van der Waals surface area contributed by atoms with Crippen molar-refractivity contribution < 1.29 is 17.9 Å². The van der Waals surface area contributed by atoms with Crippen molar-refractivity contribution in [2.45, 2.75) is 11.8 Å². The fourth-order valence-corrected chi connectivity index (χ4v) is 3.63. The molecule has 1 aliphatic rings. The van der Waals surface area contributed by atoms with E-state index in [0.717, 1.165) is 5.69 Å². The Morgan fingerprint density at radius 1 is 0.926 bits per heavy atom. The summed E-state index contributed by atoms with van der Waals surface area (Å²) in [6.07, 6.45) is 1.46. The fraction of sp³-hybridized carbons (Fsp3) is 0.105. The first-order valence-electron chi connectivity index (χ1n) is 8.22. The second-order valence-corrected chi connectivity index (χ2v) is 7.73. The number of aryl methyl sites for hydroxylation is 1. The molecule has 0 amide bonds. The van der Waals surface area contributed by atoms with Gasteiger partial charge in [-0.15, -0.1) is 0 Å². The van der Waals surface area contributed by atoms with E-state index in [1.165, 1.54) is 23.9 Å². The number of rotatable bonds is 5. The average molecular weight is 383 g/mol. The molecule has 0 atom stereocenters. The maximum Gasteiger partial charge on any atom is 0.262 e. The van der Waals surface area contributed by atoms with E-state index in [4.69, 9.17) is 9.47 Å². The van der Waals surface area contributed by atoms with Gasteiger partial charge in [-0.1, -0.05) is 17.7 Å². The summed E-state index contributed by atoms with van der Waals surface area (Å²) in [6.45, 7) is 2.11. The molecule has 7 nitrogen and oxygen atoms in total. The van der Waals surface area contributed by atoms with Crippen LogP contribution in [0.3, 0.4) is 0 Å². The van der Waals surface area contributed by atoms with E-state index >= 15 is 0 Å². The van der Waals surface area contributed by atoms with Gasteiger partial charge < -0.3 is 14.8 Å². The number of nitrogens with zero attached hydrogens (tertiary/aromatic N) is 1. The van der Waals surface area contributed by atoms with Crippen LogP contribution in [0.15, 0.2) is 65.7 Å². The van der Waals surface area contributed by atoms with Gasteiger partial charge in [0, 0.05) is 11.8 Å². The second kappa shape index (κ2) is 6.81. The van der Waals surface area contributed by atoms with E-state index in [1.807, 2.05) is 31.2 Å². The van der Waals surface area contributed by atoms with Crippen LogP contribution in [0.1, 0.15) is 5.56 Å². The van der Waals surface area contributed by atoms with Gasteiger partial charge in [0.25, 0.3) is 10.0 Å². The molecule has 0 aliphatic carbocycles. The topological polar surface area (TPSA) is 89.5 Å². The minimum atomic E-state index is -3.76. The molecule has 27 heavy (non-hydrogen) atoms. The van der Waals surface area contributed by atoms with Gasteiger partial charge in [-0.05, 0) is 43.3 Å². The molecule has 0 radical (unpaired) electrons. The number of sulfonamides is 1. The number of pyridine rings is 1. The molecule has 2 N–H and O–H groups in total. The number of hydrogen-bond acceptors (Lipinski definition) is 6. The molecule has 1 aliphatic heterocycles. The zero-order valence-corrected chi connectivity index (χ0v) is 15.3. The van der Waals surface area contributed by atoms with Crippen molar-refractivity contribution in [1.82, 2.24) is 4.98 Å². The average Bonchev–Trinajstić information content (AvgIpc) is 3.13. The van der Waals surface area contributed by atoms with Crippen molar-refractivity contribution >= 4 is 27.2 Å². The van der Waals surface area contributed by atoms with Gasteiger partial charge >= 0.3 is 0 Å². The number of nitrogens with one attached hydrogen (secondary N) is 2. The molecule has 0 spiro atoms. The third kappa shape index (κ3) is 3.80. The van der Waals surface area contributed by atoms with Crippen LogP contribution in [0.4, 0.5) is 17.2 Å². The molecule has 0 bridgehead atoms. The molecular weight excluding hydrogens is 366 g/mol. The number of benzene rings is 2. The summed E-state index contributed by atoms with van der Waals surface area (Å²) in [7, 11) is -3.76. The molecule has 0 saturated heterocycles. The van der Waals surface area contributed by atoms with Gasteiger partial charge in [0.1, 0.15) is 5.82 Å². The van der Waals surface area contributed by atoms with Gasteiger partial charge in [-0.25, -0.2) is 13.4 Å². The van der Waals surface area contributed by atoms with Gasteiger partial charge in [-0.2, -0.15) is 0 Å². The maximum atomic E-state index is 12.6. The fourth-order valence-electron chi connectivity index (χ4n) is 2.57. The Morgan fingerprint density at radius 3 is 2.41 bits per heavy atom. The summed E-state index contributed by atoms with van der Waals surface area (Å²) in [5.74, 6) is 1.56. The summed E-state index contributed by atoms with van der Waals surface area (Å²) < 4.78 is 38.1. The molecular formula is C19H17N3O4S. The number of fused-ring (bicyclic) bond motifs is 1. The highest BCUT2D eigenvalue weighted by molar-refractivity contribution is 7.92. The summed E-state index contributed by atoms with van der Waals surface area (Å²) in [6, 6.07) is 15.7. The van der Waals surface area contributed by atoms with Crippen molar-refractivity contribution in [3.05, 3.63) is 66.4 Å². The predicted octanol–water partition coefficient (Wildman–Crippen LogP) is 3.66. The van der Waals surface area contributed by atoms with Crippen LogP contribution in [0.25, 0.3) is 0 Å². The van der Waals surface area contributed by atoms with Crippen LogP contribution in [-0.2, 0) is 10.0 Å². The highest BCUT2D eigenvalue weighted by Crippen LogP contribution is 2.34. The lowest BCUT2D eigenvalue weighted by Gasteiger charge is -2.10. The normalized spacial score (nSPS) is 12.6. The Bertz CT molecular complexity index is 1070. The summed E-state index contributed by atoms with van der Waals surface area (Å²) in [5, 5.41) is 3.16. The van der Waals surface area contributed by atoms with E-state index in [9.17, 15) is 8.42 Å². The van der Waals surface area contributed by atoms with Crippen molar-refractivity contribution in [3.63, 3.8) is 0 Å². The number of ether oxygens (including phenoxy) is 2. The zero-order valence-electron chi connectivity index (χ0n) is 14.5. The van der Waals surface area contributed by atoms with E-state index in [-0.39, 0.29) is 11.7 Å². The standard InChI is InChI=1S/C19H17N3O4S/c1-13-2-4-14(5-3-13)21-19-9-6-15(11-20-19)22-27(23,24)16-7-8-17-18(10-16)26-12-25-17/h2-11,22H,12H2,1H3,(H,20,21). The third-order valence-corrected chi connectivity index (χ3v) is 5.37. The molecule has 138 valence electrons. The molecule has 2 heterocycles. The van der Waals surface area contributed by atoms with Gasteiger partial charge in [0.05, 0.1) is 16.8 Å². The highest BCUT2D eigenvalue weighted by atomic mass is 32.2. The second-order valence-electron chi connectivity index (χ2n) is 6.04. The van der Waals surface area contributed by atoms with Gasteiger partial charge in [0.2, 0.25) is 6.79 Å². The highest BCUT2D eigenvalue weighted by Gasteiger charge is 2.20. The van der Waals surface area contributed by atoms with Crippen LogP contribution >= 0.6 is 0 Å². The molecule has 0 fully saturated rings. The third-order valence-electron chi connectivity index (χ3n) is 3.99. The Kier molecular flexibility index (Phi) is 4.33. The van der Waals surface area contributed by atoms with Crippen LogP contribution in [0, 0.1) is 6.92 Å². The Balaban J connectivity index is 1.48. The Hall–Kier alpha value is -3.26. The first-order chi connectivity index (χ1) is 13.0. The van der Waals surface area contributed by atoms with Crippen LogP contribution in [0.5, 0.6) is 11.5 Å². The lowest BCUT2D eigenvalue weighted by molar-refractivity contribution is 0.174. The van der Waals surface area contributed by atoms with Crippen LogP contribution in [0.2, 0.25) is 0 Å². The van der Waals surface area contributed by atoms with E-state index in [2.05, 4.69) is 15.0 Å². The van der Waals surface area contributed by atoms with Crippen LogP contribution < -0.4 is 19.5 Å². The molecule has 2 aromatic carbocycles. The lowest BCUT2D eigenvalue weighted by atomic mass is 10.2. The summed E-state index contributed by atoms with van der Waals surface area (Å²) in [5.41, 5.74) is 2.44. The molecule has 1 aromatic heterocycles. The van der Waals surface area contributed by atoms with Gasteiger partial charge in [0.15, 0.2) is 11.5 Å². The summed E-state index contributed by atoms with van der Waals surface area (Å²) in [4.78, 5) is 4.34. The quantitative estimate of drug-likeness (QED) is 0.699. The van der Waals surface area contributed by atoms with Gasteiger partial charge in [-0.3, -0.25) is 4.72 Å². The SMILES string of the molecule is Cc1ccc(Nc2ccc(NS(=O)(=O)c3ccc4c(c3)OCO4)cn2)cc1. The molecule has 3 aromatic rings. The minimum Gasteiger partial charge on any atom is -0.454 e. The Morgan fingerprint density at radius 2 is 1.67 bits per heavy atom. The van der Waals surface area contributed by atoms with Crippen molar-refractivity contribution in [2.24, 2.45) is 0 Å². The number of hydrogen-bond donors (Lipinski definition) is 2. The molecule has 8 heteroatoms. The molecule has 0 unspecified atom stereocenters. The van der Waals surface area contributed by atoms with Crippen molar-refractivity contribution in [1.29, 1.82) is 0 Å². The predicted molar refractivity (Wildman–Crippen MR) is 102 cm³/mol. The van der Waals surface area contributed by atoms with E-state index < -0.39 is 10.0 Å². The Labute approximate surface area is 157 Å².